The van der Waals surface area contributed by atoms with Gasteiger partial charge in [0.15, 0.2) is 12.1 Å². The SMILES string of the molecule is Cc1ccc(-c2cc(C=O)c(F)cn2)c(F)c1. The van der Waals surface area contributed by atoms with E-state index in [2.05, 4.69) is 4.98 Å². The smallest absolute Gasteiger partial charge is 0.153 e. The molecule has 0 aliphatic heterocycles. The number of aryl methyl sites for hydroxylation is 1. The van der Waals surface area contributed by atoms with Gasteiger partial charge in [-0.05, 0) is 30.7 Å². The summed E-state index contributed by atoms with van der Waals surface area (Å²) in [4.78, 5) is 14.4. The topological polar surface area (TPSA) is 30.0 Å². The highest BCUT2D eigenvalue weighted by atomic mass is 19.1. The zero-order valence-corrected chi connectivity index (χ0v) is 9.08. The highest BCUT2D eigenvalue weighted by Gasteiger charge is 2.09. The molecule has 0 aliphatic carbocycles. The molecule has 86 valence electrons. The molecule has 0 unspecified atom stereocenters. The van der Waals surface area contributed by atoms with Crippen molar-refractivity contribution in [3.63, 3.8) is 0 Å². The molecular formula is C13H9F2NO. The largest absolute Gasteiger partial charge is 0.298 e. The van der Waals surface area contributed by atoms with Gasteiger partial charge in [-0.15, -0.1) is 0 Å². The van der Waals surface area contributed by atoms with Crippen LogP contribution in [0.5, 0.6) is 0 Å². The summed E-state index contributed by atoms with van der Waals surface area (Å²) in [6.07, 6.45) is 1.30. The average molecular weight is 233 g/mol. The first-order valence-electron chi connectivity index (χ1n) is 4.99. The highest BCUT2D eigenvalue weighted by Crippen LogP contribution is 2.22. The van der Waals surface area contributed by atoms with E-state index in [1.54, 1.807) is 19.1 Å². The van der Waals surface area contributed by atoms with E-state index in [1.807, 2.05) is 0 Å². The molecule has 4 heteroatoms. The Bertz CT molecular complexity index is 582. The molecule has 0 saturated carbocycles. The molecule has 17 heavy (non-hydrogen) atoms. The molecular weight excluding hydrogens is 224 g/mol. The Morgan fingerprint density at radius 2 is 1.94 bits per heavy atom. The monoisotopic (exact) mass is 233 g/mol. The van der Waals surface area contributed by atoms with Crippen LogP contribution < -0.4 is 0 Å². The standard InChI is InChI=1S/C13H9F2NO/c1-8-2-3-10(11(14)4-8)13-5-9(7-17)12(15)6-16-13/h2-7H,1H3. The van der Waals surface area contributed by atoms with Crippen molar-refractivity contribution in [2.24, 2.45) is 0 Å². The Morgan fingerprint density at radius 3 is 2.59 bits per heavy atom. The number of rotatable bonds is 2. The normalized spacial score (nSPS) is 10.3. The number of hydrogen-bond acceptors (Lipinski definition) is 2. The lowest BCUT2D eigenvalue weighted by Gasteiger charge is -2.04. The van der Waals surface area contributed by atoms with E-state index < -0.39 is 11.6 Å². The molecule has 0 atom stereocenters. The quantitative estimate of drug-likeness (QED) is 0.746. The van der Waals surface area contributed by atoms with E-state index in [9.17, 15) is 13.6 Å². The molecule has 0 aliphatic rings. The minimum absolute atomic E-state index is 0.130. The van der Waals surface area contributed by atoms with Crippen LogP contribution in [0.3, 0.4) is 0 Å². The molecule has 0 saturated heterocycles. The molecule has 1 heterocycles. The van der Waals surface area contributed by atoms with E-state index in [0.717, 1.165) is 11.8 Å². The number of aldehydes is 1. The summed E-state index contributed by atoms with van der Waals surface area (Å²) in [6.45, 7) is 1.77. The summed E-state index contributed by atoms with van der Waals surface area (Å²) >= 11 is 0. The minimum atomic E-state index is -0.712. The third-order valence-corrected chi connectivity index (χ3v) is 2.41. The zero-order chi connectivity index (χ0) is 12.4. The van der Waals surface area contributed by atoms with Crippen molar-refractivity contribution < 1.29 is 13.6 Å². The van der Waals surface area contributed by atoms with Crippen LogP contribution in [0, 0.1) is 18.6 Å². The lowest BCUT2D eigenvalue weighted by Crippen LogP contribution is -1.94. The van der Waals surface area contributed by atoms with Gasteiger partial charge in [-0.2, -0.15) is 0 Å². The lowest BCUT2D eigenvalue weighted by molar-refractivity contribution is 0.111. The van der Waals surface area contributed by atoms with E-state index in [0.29, 0.717) is 6.29 Å². The molecule has 2 aromatic rings. The second-order valence-corrected chi connectivity index (χ2v) is 3.69. The summed E-state index contributed by atoms with van der Waals surface area (Å²) < 4.78 is 26.7. The van der Waals surface area contributed by atoms with Crippen LogP contribution in [0.2, 0.25) is 0 Å². The number of hydrogen-bond donors (Lipinski definition) is 0. The fraction of sp³-hybridized carbons (Fsp3) is 0.0769. The van der Waals surface area contributed by atoms with Crippen molar-refractivity contribution in [3.8, 4) is 11.3 Å². The molecule has 0 radical (unpaired) electrons. The predicted octanol–water partition coefficient (Wildman–Crippen LogP) is 3.15. The van der Waals surface area contributed by atoms with Crippen LogP contribution >= 0.6 is 0 Å². The van der Waals surface area contributed by atoms with Crippen LogP contribution in [0.4, 0.5) is 8.78 Å². The maximum Gasteiger partial charge on any atom is 0.153 e. The first-order valence-corrected chi connectivity index (χ1v) is 4.99. The third kappa shape index (κ3) is 2.20. The van der Waals surface area contributed by atoms with Gasteiger partial charge in [0.2, 0.25) is 0 Å². The summed E-state index contributed by atoms with van der Waals surface area (Å²) in [7, 11) is 0. The Labute approximate surface area is 96.9 Å². The second kappa shape index (κ2) is 4.41. The Kier molecular flexibility index (Phi) is 2.95. The van der Waals surface area contributed by atoms with Gasteiger partial charge in [0.05, 0.1) is 17.5 Å². The molecule has 2 rings (SSSR count). The highest BCUT2D eigenvalue weighted by molar-refractivity contribution is 5.78. The van der Waals surface area contributed by atoms with Crippen molar-refractivity contribution >= 4 is 6.29 Å². The molecule has 0 bridgehead atoms. The van der Waals surface area contributed by atoms with Crippen molar-refractivity contribution in [3.05, 3.63) is 53.2 Å². The first-order chi connectivity index (χ1) is 8.11. The number of carbonyl (C=O) groups excluding carboxylic acids is 1. The maximum absolute atomic E-state index is 13.7. The number of pyridine rings is 1. The van der Waals surface area contributed by atoms with Crippen LogP contribution in [0.25, 0.3) is 11.3 Å². The van der Waals surface area contributed by atoms with Gasteiger partial charge >= 0.3 is 0 Å². The molecule has 0 spiro atoms. The number of nitrogens with zero attached hydrogens (tertiary/aromatic N) is 1. The van der Waals surface area contributed by atoms with Gasteiger partial charge in [-0.1, -0.05) is 6.07 Å². The maximum atomic E-state index is 13.7. The zero-order valence-electron chi connectivity index (χ0n) is 9.08. The third-order valence-electron chi connectivity index (χ3n) is 2.41. The van der Waals surface area contributed by atoms with Gasteiger partial charge in [-0.25, -0.2) is 8.78 Å². The van der Waals surface area contributed by atoms with E-state index >= 15 is 0 Å². The molecule has 2 nitrogen and oxygen atoms in total. The van der Waals surface area contributed by atoms with Gasteiger partial charge in [0.25, 0.3) is 0 Å². The number of aromatic nitrogens is 1. The van der Waals surface area contributed by atoms with E-state index in [-0.39, 0.29) is 16.8 Å². The van der Waals surface area contributed by atoms with Gasteiger partial charge in [0.1, 0.15) is 5.82 Å². The summed E-state index contributed by atoms with van der Waals surface area (Å²) in [5, 5.41) is 0. The van der Waals surface area contributed by atoms with Gasteiger partial charge < -0.3 is 0 Å². The van der Waals surface area contributed by atoms with Gasteiger partial charge in [0, 0.05) is 5.56 Å². The summed E-state index contributed by atoms with van der Waals surface area (Å²) in [5.74, 6) is -1.16. The average Bonchev–Trinajstić information content (AvgIpc) is 2.30. The molecule has 0 fully saturated rings. The Morgan fingerprint density at radius 1 is 1.18 bits per heavy atom. The second-order valence-electron chi connectivity index (χ2n) is 3.69. The molecule has 1 aromatic carbocycles. The van der Waals surface area contributed by atoms with Crippen LogP contribution in [-0.2, 0) is 0 Å². The van der Waals surface area contributed by atoms with Crippen LogP contribution in [-0.4, -0.2) is 11.3 Å². The fourth-order valence-electron chi connectivity index (χ4n) is 1.52. The van der Waals surface area contributed by atoms with Crippen LogP contribution in [0.15, 0.2) is 30.5 Å². The first kappa shape index (κ1) is 11.4. The van der Waals surface area contributed by atoms with Crippen molar-refractivity contribution in [2.75, 3.05) is 0 Å². The van der Waals surface area contributed by atoms with E-state index in [1.165, 1.54) is 12.1 Å². The van der Waals surface area contributed by atoms with E-state index in [4.69, 9.17) is 0 Å². The Balaban J connectivity index is 2.56. The number of benzene rings is 1. The van der Waals surface area contributed by atoms with Gasteiger partial charge in [-0.3, -0.25) is 9.78 Å². The van der Waals surface area contributed by atoms with Crippen molar-refractivity contribution in [1.29, 1.82) is 0 Å². The van der Waals surface area contributed by atoms with Crippen molar-refractivity contribution in [1.82, 2.24) is 4.98 Å². The molecule has 1 aromatic heterocycles. The number of halogens is 2. The fourth-order valence-corrected chi connectivity index (χ4v) is 1.52. The minimum Gasteiger partial charge on any atom is -0.298 e. The van der Waals surface area contributed by atoms with Crippen LogP contribution in [0.1, 0.15) is 15.9 Å². The summed E-state index contributed by atoms with van der Waals surface area (Å²) in [5.41, 5.74) is 1.14. The predicted molar refractivity (Wildman–Crippen MR) is 59.7 cm³/mol. The van der Waals surface area contributed by atoms with Crippen molar-refractivity contribution in [2.45, 2.75) is 6.92 Å². The number of carbonyl (C=O) groups is 1. The molecule has 0 amide bonds. The Hall–Kier alpha value is -2.10. The molecule has 0 N–H and O–H groups in total. The summed E-state index contributed by atoms with van der Waals surface area (Å²) in [6, 6.07) is 5.88. The lowest BCUT2D eigenvalue weighted by atomic mass is 10.1.